The van der Waals surface area contributed by atoms with Gasteiger partial charge in [-0.15, -0.1) is 0 Å². The van der Waals surface area contributed by atoms with Gasteiger partial charge in [-0.1, -0.05) is 20.3 Å². The summed E-state index contributed by atoms with van der Waals surface area (Å²) in [6, 6.07) is -0.844. The van der Waals surface area contributed by atoms with E-state index < -0.39 is 37.1 Å². The van der Waals surface area contributed by atoms with Gasteiger partial charge in [0.25, 0.3) is 0 Å². The number of carbonyl (C=O) groups excluding carboxylic acids is 2. The van der Waals surface area contributed by atoms with E-state index in [4.69, 9.17) is 0 Å². The predicted octanol–water partition coefficient (Wildman–Crippen LogP) is 0.922. The Hall–Kier alpha value is -1.27. The number of hydrogen-bond donors (Lipinski definition) is 1. The van der Waals surface area contributed by atoms with Crippen molar-refractivity contribution in [1.29, 1.82) is 0 Å². The van der Waals surface area contributed by atoms with E-state index in [1.807, 2.05) is 6.92 Å². The van der Waals surface area contributed by atoms with Crippen LogP contribution in [0.15, 0.2) is 0 Å². The summed E-state index contributed by atoms with van der Waals surface area (Å²) < 4.78 is 36.7. The highest BCUT2D eigenvalue weighted by molar-refractivity contribution is 5.95. The Morgan fingerprint density at radius 2 is 2.06 bits per heavy atom. The maximum Gasteiger partial charge on any atom is 0.406 e. The minimum absolute atomic E-state index is 0.178. The lowest BCUT2D eigenvalue weighted by atomic mass is 9.96. The molecular weight excluding hydrogens is 237 g/mol. The van der Waals surface area contributed by atoms with Crippen LogP contribution in [0.25, 0.3) is 0 Å². The van der Waals surface area contributed by atoms with Gasteiger partial charge in [0.05, 0.1) is 6.54 Å². The molecule has 7 heteroatoms. The molecule has 0 radical (unpaired) electrons. The quantitative estimate of drug-likeness (QED) is 0.812. The molecule has 0 aromatic rings. The monoisotopic (exact) mass is 252 g/mol. The fourth-order valence-electron chi connectivity index (χ4n) is 1.70. The molecule has 4 nitrogen and oxygen atoms in total. The Balaban J connectivity index is 2.79. The van der Waals surface area contributed by atoms with Crippen LogP contribution in [-0.2, 0) is 9.59 Å². The first-order chi connectivity index (χ1) is 7.74. The number of nitrogens with zero attached hydrogens (tertiary/aromatic N) is 1. The number of alkyl halides is 3. The molecule has 1 aliphatic heterocycles. The van der Waals surface area contributed by atoms with Gasteiger partial charge < -0.3 is 10.2 Å². The van der Waals surface area contributed by atoms with Gasteiger partial charge in [-0.3, -0.25) is 9.59 Å². The van der Waals surface area contributed by atoms with Gasteiger partial charge in [-0.05, 0) is 5.92 Å². The molecule has 98 valence electrons. The van der Waals surface area contributed by atoms with Gasteiger partial charge in [-0.25, -0.2) is 0 Å². The van der Waals surface area contributed by atoms with Crippen LogP contribution in [0.2, 0.25) is 0 Å². The lowest BCUT2D eigenvalue weighted by Crippen LogP contribution is -2.61. The molecule has 1 heterocycles. The molecule has 2 atom stereocenters. The highest BCUT2D eigenvalue weighted by Gasteiger charge is 2.40. The summed E-state index contributed by atoms with van der Waals surface area (Å²) in [5.41, 5.74) is 0. The van der Waals surface area contributed by atoms with E-state index in [9.17, 15) is 22.8 Å². The van der Waals surface area contributed by atoms with Crippen LogP contribution in [0.4, 0.5) is 13.2 Å². The highest BCUT2D eigenvalue weighted by Crippen LogP contribution is 2.20. The zero-order chi connectivity index (χ0) is 13.2. The van der Waals surface area contributed by atoms with E-state index in [1.54, 1.807) is 6.92 Å². The van der Waals surface area contributed by atoms with Crippen molar-refractivity contribution in [3.63, 3.8) is 0 Å². The summed E-state index contributed by atoms with van der Waals surface area (Å²) in [6.45, 7) is 1.64. The van der Waals surface area contributed by atoms with Crippen molar-refractivity contribution >= 4 is 11.8 Å². The predicted molar refractivity (Wildman–Crippen MR) is 54.0 cm³/mol. The van der Waals surface area contributed by atoms with Gasteiger partial charge in [0.15, 0.2) is 0 Å². The Morgan fingerprint density at radius 1 is 1.47 bits per heavy atom. The van der Waals surface area contributed by atoms with Gasteiger partial charge >= 0.3 is 6.18 Å². The third kappa shape index (κ3) is 3.61. The maximum atomic E-state index is 12.2. The van der Waals surface area contributed by atoms with Crippen LogP contribution >= 0.6 is 0 Å². The summed E-state index contributed by atoms with van der Waals surface area (Å²) in [5.74, 6) is -1.38. The molecular formula is C10H15F3N2O2. The third-order valence-corrected chi connectivity index (χ3v) is 2.81. The van der Waals surface area contributed by atoms with E-state index in [-0.39, 0.29) is 5.92 Å². The van der Waals surface area contributed by atoms with Crippen molar-refractivity contribution in [2.75, 3.05) is 13.1 Å². The van der Waals surface area contributed by atoms with Crippen molar-refractivity contribution in [2.45, 2.75) is 32.5 Å². The second kappa shape index (κ2) is 4.93. The first-order valence-electron chi connectivity index (χ1n) is 5.39. The van der Waals surface area contributed by atoms with Gasteiger partial charge in [0, 0.05) is 0 Å². The van der Waals surface area contributed by atoms with Crippen molar-refractivity contribution in [3.8, 4) is 0 Å². The van der Waals surface area contributed by atoms with Crippen molar-refractivity contribution in [3.05, 3.63) is 0 Å². The molecule has 1 saturated heterocycles. The number of halogens is 3. The van der Waals surface area contributed by atoms with Crippen LogP contribution in [0.5, 0.6) is 0 Å². The molecule has 0 aromatic carbocycles. The van der Waals surface area contributed by atoms with Crippen LogP contribution in [0.3, 0.4) is 0 Å². The molecule has 17 heavy (non-hydrogen) atoms. The second-order valence-electron chi connectivity index (χ2n) is 4.24. The maximum absolute atomic E-state index is 12.2. The molecule has 1 aliphatic rings. The molecule has 0 saturated carbocycles. The van der Waals surface area contributed by atoms with Gasteiger partial charge in [0.2, 0.25) is 11.8 Å². The van der Waals surface area contributed by atoms with Gasteiger partial charge in [0.1, 0.15) is 12.6 Å². The van der Waals surface area contributed by atoms with Crippen LogP contribution in [-0.4, -0.2) is 42.0 Å². The number of amides is 2. The first kappa shape index (κ1) is 13.8. The summed E-state index contributed by atoms with van der Waals surface area (Å²) in [4.78, 5) is 23.6. The Labute approximate surface area is 97.1 Å². The SMILES string of the molecule is CCC(C)C1NC(=O)CN(CC(F)(F)F)C1=O. The molecule has 0 aromatic heterocycles. The number of hydrogen-bond acceptors (Lipinski definition) is 2. The standard InChI is InChI=1S/C10H15F3N2O2/c1-3-6(2)8-9(17)15(4-7(16)14-8)5-10(11,12)13/h6,8H,3-5H2,1-2H3,(H,14,16). The molecule has 1 rings (SSSR count). The smallest absolute Gasteiger partial charge is 0.342 e. The lowest BCUT2D eigenvalue weighted by Gasteiger charge is -2.35. The summed E-state index contributed by atoms with van der Waals surface area (Å²) in [7, 11) is 0. The summed E-state index contributed by atoms with van der Waals surface area (Å²) >= 11 is 0. The molecule has 2 amide bonds. The van der Waals surface area contributed by atoms with Crippen molar-refractivity contribution in [1.82, 2.24) is 10.2 Å². The highest BCUT2D eigenvalue weighted by atomic mass is 19.4. The molecule has 0 spiro atoms. The van der Waals surface area contributed by atoms with E-state index in [1.165, 1.54) is 0 Å². The van der Waals surface area contributed by atoms with Crippen LogP contribution < -0.4 is 5.32 Å². The van der Waals surface area contributed by atoms with E-state index >= 15 is 0 Å². The molecule has 1 fully saturated rings. The topological polar surface area (TPSA) is 49.4 Å². The Kier molecular flexibility index (Phi) is 4.00. The van der Waals surface area contributed by atoms with Crippen LogP contribution in [0, 0.1) is 5.92 Å². The Morgan fingerprint density at radius 3 is 2.53 bits per heavy atom. The normalized spacial score (nSPS) is 23.6. The molecule has 2 unspecified atom stereocenters. The largest absolute Gasteiger partial charge is 0.406 e. The fraction of sp³-hybridized carbons (Fsp3) is 0.800. The first-order valence-corrected chi connectivity index (χ1v) is 5.39. The average molecular weight is 252 g/mol. The number of rotatable bonds is 3. The fourth-order valence-corrected chi connectivity index (χ4v) is 1.70. The van der Waals surface area contributed by atoms with E-state index in [0.29, 0.717) is 11.3 Å². The van der Waals surface area contributed by atoms with E-state index in [0.717, 1.165) is 0 Å². The average Bonchev–Trinajstić information content (AvgIpc) is 2.19. The molecule has 0 bridgehead atoms. The third-order valence-electron chi connectivity index (χ3n) is 2.81. The van der Waals surface area contributed by atoms with E-state index in [2.05, 4.69) is 5.32 Å². The van der Waals surface area contributed by atoms with Crippen molar-refractivity contribution in [2.24, 2.45) is 5.92 Å². The van der Waals surface area contributed by atoms with Crippen LogP contribution in [0.1, 0.15) is 20.3 Å². The number of carbonyl (C=O) groups is 2. The number of nitrogens with one attached hydrogen (secondary N) is 1. The lowest BCUT2D eigenvalue weighted by molar-refractivity contribution is -0.168. The van der Waals surface area contributed by atoms with Crippen molar-refractivity contribution < 1.29 is 22.8 Å². The Bertz CT molecular complexity index is 317. The zero-order valence-corrected chi connectivity index (χ0v) is 9.67. The minimum atomic E-state index is -4.48. The zero-order valence-electron chi connectivity index (χ0n) is 9.67. The van der Waals surface area contributed by atoms with Gasteiger partial charge in [-0.2, -0.15) is 13.2 Å². The minimum Gasteiger partial charge on any atom is -0.342 e. The summed E-state index contributed by atoms with van der Waals surface area (Å²) in [6.07, 6.45) is -3.87. The molecule has 1 N–H and O–H groups in total. The second-order valence-corrected chi connectivity index (χ2v) is 4.24. The molecule has 0 aliphatic carbocycles. The number of piperazine rings is 1. The summed E-state index contributed by atoms with van der Waals surface area (Å²) in [5, 5.41) is 2.44.